The molecule has 0 atom stereocenters. The van der Waals surface area contributed by atoms with Gasteiger partial charge in [-0.3, -0.25) is 9.79 Å². The quantitative estimate of drug-likeness (QED) is 0.822. The number of anilines is 1. The number of amides is 1. The van der Waals surface area contributed by atoms with E-state index in [0.29, 0.717) is 0 Å². The van der Waals surface area contributed by atoms with Crippen LogP contribution in [0.25, 0.3) is 6.08 Å². The highest BCUT2D eigenvalue weighted by molar-refractivity contribution is 6.03. The van der Waals surface area contributed by atoms with Crippen molar-refractivity contribution in [2.24, 2.45) is 4.99 Å². The van der Waals surface area contributed by atoms with Crippen molar-refractivity contribution < 1.29 is 4.79 Å². The van der Waals surface area contributed by atoms with Crippen molar-refractivity contribution in [2.45, 2.75) is 26.2 Å². The molecule has 1 aliphatic rings. The molecular weight excluding hydrogens is 322 g/mol. The van der Waals surface area contributed by atoms with Crippen LogP contribution in [0.4, 0.5) is 5.69 Å². The minimum atomic E-state index is -0.144. The molecule has 1 amide bonds. The van der Waals surface area contributed by atoms with Gasteiger partial charge in [0.25, 0.3) is 0 Å². The van der Waals surface area contributed by atoms with E-state index >= 15 is 0 Å². The maximum Gasteiger partial charge on any atom is 0.248 e. The lowest BCUT2D eigenvalue weighted by Gasteiger charge is -2.18. The summed E-state index contributed by atoms with van der Waals surface area (Å²) in [4.78, 5) is 16.5. The fourth-order valence-electron chi connectivity index (χ4n) is 2.75. The highest BCUT2D eigenvalue weighted by atomic mass is 16.1. The Kier molecular flexibility index (Phi) is 5.21. The van der Waals surface area contributed by atoms with E-state index in [2.05, 4.69) is 48.5 Å². The monoisotopic (exact) mass is 347 g/mol. The number of aliphatic imine (C=N–C) groups is 1. The van der Waals surface area contributed by atoms with Crippen LogP contribution in [-0.2, 0) is 10.2 Å². The van der Waals surface area contributed by atoms with E-state index in [1.807, 2.05) is 42.5 Å². The second-order valence-corrected chi connectivity index (χ2v) is 7.43. The standard InChI is InChI=1S/C22H25N3O/c1-22(2,3)18-9-4-16(5-10-18)6-13-20(26)25-19-11-7-17(8-12-19)21-23-14-15-24-21/h4-13H,14-15H2,1-3H3,(H,23,24)(H,25,26)/b13-6+. The topological polar surface area (TPSA) is 53.5 Å². The maximum atomic E-state index is 12.1. The Morgan fingerprint density at radius 3 is 2.35 bits per heavy atom. The zero-order chi connectivity index (χ0) is 18.6. The molecule has 1 aliphatic heterocycles. The van der Waals surface area contributed by atoms with Crippen molar-refractivity contribution in [3.05, 3.63) is 71.3 Å². The molecular formula is C22H25N3O. The summed E-state index contributed by atoms with van der Waals surface area (Å²) in [6.07, 6.45) is 3.38. The highest BCUT2D eigenvalue weighted by Gasteiger charge is 2.12. The first-order valence-corrected chi connectivity index (χ1v) is 8.90. The summed E-state index contributed by atoms with van der Waals surface area (Å²) in [5.74, 6) is 0.774. The van der Waals surface area contributed by atoms with Crippen LogP contribution in [0.3, 0.4) is 0 Å². The number of hydrogen-bond acceptors (Lipinski definition) is 3. The third kappa shape index (κ3) is 4.60. The van der Waals surface area contributed by atoms with Gasteiger partial charge < -0.3 is 10.6 Å². The molecule has 1 heterocycles. The molecule has 3 rings (SSSR count). The molecule has 0 fully saturated rings. The summed E-state index contributed by atoms with van der Waals surface area (Å²) < 4.78 is 0. The van der Waals surface area contributed by atoms with E-state index in [4.69, 9.17) is 0 Å². The van der Waals surface area contributed by atoms with Gasteiger partial charge in [0.05, 0.1) is 6.54 Å². The van der Waals surface area contributed by atoms with Crippen LogP contribution in [0.1, 0.15) is 37.5 Å². The lowest BCUT2D eigenvalue weighted by Crippen LogP contribution is -2.19. The van der Waals surface area contributed by atoms with Gasteiger partial charge in [-0.1, -0.05) is 45.0 Å². The van der Waals surface area contributed by atoms with Crippen LogP contribution in [0, 0.1) is 0 Å². The average molecular weight is 347 g/mol. The largest absolute Gasteiger partial charge is 0.368 e. The van der Waals surface area contributed by atoms with Crippen molar-refractivity contribution in [1.29, 1.82) is 0 Å². The number of benzene rings is 2. The van der Waals surface area contributed by atoms with Crippen molar-refractivity contribution in [1.82, 2.24) is 5.32 Å². The molecule has 2 aromatic carbocycles. The Bertz CT molecular complexity index is 825. The summed E-state index contributed by atoms with van der Waals surface area (Å²) in [5.41, 5.74) is 4.22. The first kappa shape index (κ1) is 17.9. The zero-order valence-electron chi connectivity index (χ0n) is 15.5. The van der Waals surface area contributed by atoms with E-state index in [0.717, 1.165) is 35.7 Å². The molecule has 0 saturated heterocycles. The third-order valence-electron chi connectivity index (χ3n) is 4.30. The summed E-state index contributed by atoms with van der Waals surface area (Å²) in [7, 11) is 0. The van der Waals surface area contributed by atoms with E-state index in [1.54, 1.807) is 6.08 Å². The van der Waals surface area contributed by atoms with E-state index in [-0.39, 0.29) is 11.3 Å². The van der Waals surface area contributed by atoms with Gasteiger partial charge >= 0.3 is 0 Å². The molecule has 0 radical (unpaired) electrons. The SMILES string of the molecule is CC(C)(C)c1ccc(/C=C/C(=O)Nc2ccc(C3=NCCN3)cc2)cc1. The normalized spacial score (nSPS) is 14.2. The molecule has 0 aliphatic carbocycles. The molecule has 2 N–H and O–H groups in total. The molecule has 4 heteroatoms. The number of rotatable bonds is 4. The summed E-state index contributed by atoms with van der Waals surface area (Å²) in [5, 5.41) is 6.12. The first-order valence-electron chi connectivity index (χ1n) is 8.90. The summed E-state index contributed by atoms with van der Waals surface area (Å²) in [6.45, 7) is 8.26. The molecule has 0 aromatic heterocycles. The molecule has 134 valence electrons. The first-order chi connectivity index (χ1) is 12.4. The predicted octanol–water partition coefficient (Wildman–Crippen LogP) is 3.99. The van der Waals surface area contributed by atoms with Gasteiger partial charge in [-0.15, -0.1) is 0 Å². The van der Waals surface area contributed by atoms with E-state index in [1.165, 1.54) is 5.56 Å². The van der Waals surface area contributed by atoms with Gasteiger partial charge in [-0.25, -0.2) is 0 Å². The van der Waals surface area contributed by atoms with Crippen LogP contribution in [-0.4, -0.2) is 24.8 Å². The number of carbonyl (C=O) groups excluding carboxylic acids is 1. The van der Waals surface area contributed by atoms with Crippen LogP contribution in [0.2, 0.25) is 0 Å². The van der Waals surface area contributed by atoms with E-state index < -0.39 is 0 Å². The fourth-order valence-corrected chi connectivity index (χ4v) is 2.75. The molecule has 4 nitrogen and oxygen atoms in total. The molecule has 2 aromatic rings. The summed E-state index contributed by atoms with van der Waals surface area (Å²) in [6, 6.07) is 16.0. The number of carbonyl (C=O) groups is 1. The fraction of sp³-hybridized carbons (Fsp3) is 0.273. The molecule has 0 spiro atoms. The molecule has 0 bridgehead atoms. The van der Waals surface area contributed by atoms with Crippen molar-refractivity contribution in [2.75, 3.05) is 18.4 Å². The van der Waals surface area contributed by atoms with Crippen molar-refractivity contribution >= 4 is 23.5 Å². The number of nitrogens with zero attached hydrogens (tertiary/aromatic N) is 1. The lowest BCUT2D eigenvalue weighted by atomic mass is 9.87. The third-order valence-corrected chi connectivity index (χ3v) is 4.30. The van der Waals surface area contributed by atoms with Crippen LogP contribution < -0.4 is 10.6 Å². The number of nitrogens with one attached hydrogen (secondary N) is 2. The Hall–Kier alpha value is -2.88. The second-order valence-electron chi connectivity index (χ2n) is 7.43. The minimum absolute atomic E-state index is 0.130. The van der Waals surface area contributed by atoms with Gasteiger partial charge in [0.1, 0.15) is 5.84 Å². The maximum absolute atomic E-state index is 12.1. The Balaban J connectivity index is 1.59. The Labute approximate surface area is 155 Å². The van der Waals surface area contributed by atoms with Gasteiger partial charge in [0.15, 0.2) is 0 Å². The average Bonchev–Trinajstić information content (AvgIpc) is 3.15. The number of amidine groups is 1. The molecule has 0 saturated carbocycles. The summed E-state index contributed by atoms with van der Waals surface area (Å²) >= 11 is 0. The highest BCUT2D eigenvalue weighted by Crippen LogP contribution is 2.22. The lowest BCUT2D eigenvalue weighted by molar-refractivity contribution is -0.111. The van der Waals surface area contributed by atoms with Gasteiger partial charge in [0, 0.05) is 23.9 Å². The minimum Gasteiger partial charge on any atom is -0.368 e. The predicted molar refractivity (Wildman–Crippen MR) is 109 cm³/mol. The Morgan fingerprint density at radius 2 is 1.77 bits per heavy atom. The van der Waals surface area contributed by atoms with Crippen molar-refractivity contribution in [3.63, 3.8) is 0 Å². The van der Waals surface area contributed by atoms with Gasteiger partial charge in [-0.2, -0.15) is 0 Å². The van der Waals surface area contributed by atoms with Crippen LogP contribution >= 0.6 is 0 Å². The zero-order valence-corrected chi connectivity index (χ0v) is 15.5. The number of hydrogen-bond donors (Lipinski definition) is 2. The van der Waals surface area contributed by atoms with Gasteiger partial charge in [0.2, 0.25) is 5.91 Å². The van der Waals surface area contributed by atoms with Crippen LogP contribution in [0.15, 0.2) is 59.6 Å². The van der Waals surface area contributed by atoms with Crippen LogP contribution in [0.5, 0.6) is 0 Å². The molecule has 26 heavy (non-hydrogen) atoms. The molecule has 0 unspecified atom stereocenters. The van der Waals surface area contributed by atoms with Crippen molar-refractivity contribution in [3.8, 4) is 0 Å². The second kappa shape index (κ2) is 7.56. The Morgan fingerprint density at radius 1 is 1.08 bits per heavy atom. The smallest absolute Gasteiger partial charge is 0.248 e. The van der Waals surface area contributed by atoms with E-state index in [9.17, 15) is 4.79 Å². The van der Waals surface area contributed by atoms with Gasteiger partial charge in [-0.05, 0) is 46.9 Å².